The van der Waals surface area contributed by atoms with E-state index in [1.807, 2.05) is 0 Å². The summed E-state index contributed by atoms with van der Waals surface area (Å²) in [4.78, 5) is 4.69. The Labute approximate surface area is 381 Å². The highest BCUT2D eigenvalue weighted by Crippen LogP contribution is 2.47. The minimum Gasteiger partial charge on any atom is -0.501 e. The Morgan fingerprint density at radius 1 is 0.344 bits per heavy atom. The van der Waals surface area contributed by atoms with Gasteiger partial charge in [0.1, 0.15) is 0 Å². The Hall–Kier alpha value is -6.92. The van der Waals surface area contributed by atoms with Gasteiger partial charge in [0.15, 0.2) is 0 Å². The van der Waals surface area contributed by atoms with Crippen LogP contribution in [0.4, 0.5) is 34.1 Å². The van der Waals surface area contributed by atoms with Crippen molar-refractivity contribution in [3.8, 4) is 0 Å². The number of benzene rings is 6. The molecule has 0 bridgehead atoms. The fourth-order valence-electron chi connectivity index (χ4n) is 8.94. The Morgan fingerprint density at radius 2 is 0.578 bits per heavy atom. The number of anilines is 6. The first kappa shape index (κ1) is 45.1. The fraction of sp³-hybridized carbons (Fsp3) is 0.241. The van der Waals surface area contributed by atoms with Crippen molar-refractivity contribution in [1.82, 2.24) is 0 Å². The van der Waals surface area contributed by atoms with Gasteiger partial charge in [-0.15, -0.1) is 0 Å². The highest BCUT2D eigenvalue weighted by atomic mass is 16.5. The Morgan fingerprint density at radius 3 is 0.812 bits per heavy atom. The second kappa shape index (κ2) is 23.0. The van der Waals surface area contributed by atoms with E-state index >= 15 is 0 Å². The molecule has 0 aromatic heterocycles. The Balaban J connectivity index is 1.19. The van der Waals surface area contributed by atoms with E-state index in [1.165, 1.54) is 77.7 Å². The summed E-state index contributed by atoms with van der Waals surface area (Å²) in [6.45, 7) is 17.2. The molecule has 6 nitrogen and oxygen atoms in total. The van der Waals surface area contributed by atoms with Crippen molar-refractivity contribution < 1.29 is 18.9 Å². The maximum Gasteiger partial charge on any atom is 0.0913 e. The molecule has 328 valence electrons. The van der Waals surface area contributed by atoms with Crippen molar-refractivity contribution in [1.29, 1.82) is 0 Å². The Kier molecular flexibility index (Phi) is 16.2. The molecular weight excluding hydrogens is 789 g/mol. The lowest BCUT2D eigenvalue weighted by Gasteiger charge is -2.39. The molecule has 0 aliphatic heterocycles. The van der Waals surface area contributed by atoms with Crippen molar-refractivity contribution in [2.75, 3.05) is 36.2 Å². The molecule has 0 N–H and O–H groups in total. The molecule has 64 heavy (non-hydrogen) atoms. The van der Waals surface area contributed by atoms with Crippen LogP contribution in [0.3, 0.4) is 0 Å². The predicted octanol–water partition coefficient (Wildman–Crippen LogP) is 14.7. The van der Waals surface area contributed by atoms with E-state index < -0.39 is 0 Å². The van der Waals surface area contributed by atoms with Gasteiger partial charge in [0.2, 0.25) is 0 Å². The molecule has 0 atom stereocenters. The fourth-order valence-corrected chi connectivity index (χ4v) is 8.94. The van der Waals surface area contributed by atoms with Crippen LogP contribution in [-0.2, 0) is 50.0 Å². The van der Waals surface area contributed by atoms with Crippen LogP contribution in [0.15, 0.2) is 197 Å². The largest absolute Gasteiger partial charge is 0.501 e. The van der Waals surface area contributed by atoms with Gasteiger partial charge >= 0.3 is 0 Å². The summed E-state index contributed by atoms with van der Waals surface area (Å²) in [5.41, 5.74) is 14.2. The van der Waals surface area contributed by atoms with E-state index in [4.69, 9.17) is 18.9 Å². The standard InChI is InChI=1S/C58H62N2O4/c1-5-61-42-36-46-12-24-52(25-13-46)59(53-26-14-47(15-27-53)37-43-62-6-2)56-32-20-50(21-33-56)58(40-10-9-11-41-58)51-22-34-57(35-23-51)60(54-28-16-48(17-29-54)38-44-63-7-3)55-30-18-49(19-31-55)39-45-64-8-4/h5-8,12-35H,1-4,9-11,36-45H2. The molecule has 6 aromatic rings. The van der Waals surface area contributed by atoms with E-state index in [9.17, 15) is 0 Å². The number of hydrogen-bond donors (Lipinski definition) is 0. The molecule has 6 aromatic carbocycles. The SMILES string of the molecule is C=COCCc1ccc(N(c2ccc(CCOC=C)cc2)c2ccc(C3(c4ccc(N(c5ccc(CCOC=C)cc5)c5ccc(CCOC=C)cc5)cc4)CCCCC3)cc2)cc1. The molecule has 7 rings (SSSR count). The first-order valence-electron chi connectivity index (χ1n) is 22.6. The van der Waals surface area contributed by atoms with Gasteiger partial charge in [0.25, 0.3) is 0 Å². The van der Waals surface area contributed by atoms with Gasteiger partial charge in [-0.2, -0.15) is 0 Å². The minimum absolute atomic E-state index is 0.0837. The summed E-state index contributed by atoms with van der Waals surface area (Å²) >= 11 is 0. The predicted molar refractivity (Wildman–Crippen MR) is 266 cm³/mol. The topological polar surface area (TPSA) is 43.4 Å². The lowest BCUT2D eigenvalue weighted by atomic mass is 9.65. The first-order valence-corrected chi connectivity index (χ1v) is 22.6. The normalized spacial score (nSPS) is 12.9. The van der Waals surface area contributed by atoms with Crippen LogP contribution < -0.4 is 9.80 Å². The second-order valence-corrected chi connectivity index (χ2v) is 16.2. The molecule has 1 aliphatic carbocycles. The monoisotopic (exact) mass is 850 g/mol. The summed E-state index contributed by atoms with van der Waals surface area (Å²) in [5.74, 6) is 0. The van der Waals surface area contributed by atoms with Crippen molar-refractivity contribution in [3.05, 3.63) is 230 Å². The molecule has 1 saturated carbocycles. The third-order valence-corrected chi connectivity index (χ3v) is 12.3. The van der Waals surface area contributed by atoms with Crippen LogP contribution in [0.5, 0.6) is 0 Å². The summed E-state index contributed by atoms with van der Waals surface area (Å²) < 4.78 is 21.7. The second-order valence-electron chi connectivity index (χ2n) is 16.2. The molecule has 0 spiro atoms. The summed E-state index contributed by atoms with van der Waals surface area (Å²) in [5, 5.41) is 0. The van der Waals surface area contributed by atoms with Crippen LogP contribution in [0.25, 0.3) is 0 Å². The molecule has 0 heterocycles. The molecule has 6 heteroatoms. The molecular formula is C58H62N2O4. The van der Waals surface area contributed by atoms with Crippen LogP contribution in [0.2, 0.25) is 0 Å². The smallest absolute Gasteiger partial charge is 0.0913 e. The molecule has 1 fully saturated rings. The van der Waals surface area contributed by atoms with Crippen LogP contribution in [0.1, 0.15) is 65.5 Å². The first-order chi connectivity index (χ1) is 31.5. The number of nitrogens with zero attached hydrogens (tertiary/aromatic N) is 2. The lowest BCUT2D eigenvalue weighted by Crippen LogP contribution is -2.30. The average Bonchev–Trinajstić information content (AvgIpc) is 3.34. The number of rotatable bonds is 24. The van der Waals surface area contributed by atoms with Gasteiger partial charge in [-0.1, -0.05) is 118 Å². The van der Waals surface area contributed by atoms with Gasteiger partial charge in [-0.3, -0.25) is 0 Å². The molecule has 1 aliphatic rings. The third-order valence-electron chi connectivity index (χ3n) is 12.3. The van der Waals surface area contributed by atoms with Gasteiger partial charge < -0.3 is 28.7 Å². The van der Waals surface area contributed by atoms with Crippen LogP contribution >= 0.6 is 0 Å². The highest BCUT2D eigenvalue weighted by Gasteiger charge is 2.36. The van der Waals surface area contributed by atoms with E-state index in [0.29, 0.717) is 26.4 Å². The maximum absolute atomic E-state index is 5.41. The van der Waals surface area contributed by atoms with Gasteiger partial charge in [0, 0.05) is 65.2 Å². The van der Waals surface area contributed by atoms with Crippen molar-refractivity contribution in [2.24, 2.45) is 0 Å². The summed E-state index contributed by atoms with van der Waals surface area (Å²) in [6, 6.07) is 53.9. The lowest BCUT2D eigenvalue weighted by molar-refractivity contribution is 0.255. The zero-order valence-corrected chi connectivity index (χ0v) is 37.2. The zero-order valence-electron chi connectivity index (χ0n) is 37.2. The van der Waals surface area contributed by atoms with E-state index in [-0.39, 0.29) is 5.41 Å². The van der Waals surface area contributed by atoms with Crippen molar-refractivity contribution >= 4 is 34.1 Å². The zero-order chi connectivity index (χ0) is 44.4. The molecule has 0 radical (unpaired) electrons. The van der Waals surface area contributed by atoms with E-state index in [1.54, 1.807) is 0 Å². The van der Waals surface area contributed by atoms with Crippen molar-refractivity contribution in [3.63, 3.8) is 0 Å². The van der Waals surface area contributed by atoms with Gasteiger partial charge in [0.05, 0.1) is 51.5 Å². The highest BCUT2D eigenvalue weighted by molar-refractivity contribution is 5.78. The minimum atomic E-state index is -0.0837. The maximum atomic E-state index is 5.41. The summed E-state index contributed by atoms with van der Waals surface area (Å²) in [6.07, 6.45) is 15.2. The molecule has 0 amide bonds. The summed E-state index contributed by atoms with van der Waals surface area (Å²) in [7, 11) is 0. The van der Waals surface area contributed by atoms with Gasteiger partial charge in [-0.25, -0.2) is 0 Å². The van der Waals surface area contributed by atoms with Gasteiger partial charge in [-0.05, 0) is 119 Å². The Bertz CT molecular complexity index is 2080. The van der Waals surface area contributed by atoms with E-state index in [2.05, 4.69) is 182 Å². The number of hydrogen-bond acceptors (Lipinski definition) is 6. The average molecular weight is 851 g/mol. The third kappa shape index (κ3) is 11.4. The van der Waals surface area contributed by atoms with Crippen LogP contribution in [-0.4, -0.2) is 26.4 Å². The molecule has 0 saturated heterocycles. The molecule has 0 unspecified atom stereocenters. The van der Waals surface area contributed by atoms with E-state index in [0.717, 1.165) is 72.6 Å². The van der Waals surface area contributed by atoms with Crippen LogP contribution in [0, 0.1) is 0 Å². The quantitative estimate of drug-likeness (QED) is 0.0446. The number of ether oxygens (including phenoxy) is 4. The van der Waals surface area contributed by atoms with Crippen molar-refractivity contribution in [2.45, 2.75) is 63.2 Å².